The van der Waals surface area contributed by atoms with Crippen molar-refractivity contribution in [1.82, 2.24) is 19.5 Å². The highest BCUT2D eigenvalue weighted by molar-refractivity contribution is 7.72. The van der Waals surface area contributed by atoms with Crippen molar-refractivity contribution in [3.63, 3.8) is 0 Å². The topological polar surface area (TPSA) is 263 Å². The van der Waals surface area contributed by atoms with E-state index in [4.69, 9.17) is 24.5 Å². The second kappa shape index (κ2) is 9.87. The number of nitrogens with zero attached hydrogens (tertiary/aromatic N) is 3. The van der Waals surface area contributed by atoms with Crippen LogP contribution < -0.4 is 11.3 Å². The van der Waals surface area contributed by atoms with Gasteiger partial charge in [-0.2, -0.15) is 9.29 Å². The van der Waals surface area contributed by atoms with Gasteiger partial charge in [0, 0.05) is 13.8 Å². The normalized spacial score (nSPS) is 34.5. The van der Waals surface area contributed by atoms with E-state index in [9.17, 15) is 33.3 Å². The summed E-state index contributed by atoms with van der Waals surface area (Å²) in [6.07, 6.45) is -4.08. The third-order valence-corrected chi connectivity index (χ3v) is 9.23. The predicted octanol–water partition coefficient (Wildman–Crippen LogP) is -0.0297. The summed E-state index contributed by atoms with van der Waals surface area (Å²) < 4.78 is 59.1. The van der Waals surface area contributed by atoms with Gasteiger partial charge in [-0.1, -0.05) is 0 Å². The quantitative estimate of drug-likeness (QED) is 0.261. The summed E-state index contributed by atoms with van der Waals surface area (Å²) in [7, 11) is -12.9. The molecule has 5 N–H and O–H groups in total. The Morgan fingerprint density at radius 2 is 1.81 bits per heavy atom. The fraction of sp³-hybridized carbons (Fsp3) is 0.500. The maximum atomic E-state index is 12.2. The van der Waals surface area contributed by atoms with Crippen molar-refractivity contribution in [3.05, 3.63) is 16.7 Å². The Kier molecular flexibility index (Phi) is 7.34. The van der Waals surface area contributed by atoms with Crippen LogP contribution in [0.3, 0.4) is 0 Å². The average Bonchev–Trinajstić information content (AvgIpc) is 3.25. The predicted molar refractivity (Wildman–Crippen MR) is 113 cm³/mol. The van der Waals surface area contributed by atoms with E-state index in [-0.39, 0.29) is 17.1 Å². The van der Waals surface area contributed by atoms with Crippen LogP contribution in [-0.4, -0.2) is 66.2 Å². The largest absolute Gasteiger partial charge is 0.488 e. The lowest BCUT2D eigenvalue weighted by molar-refractivity contribution is -0.165. The molecule has 19 nitrogen and oxygen atoms in total. The Labute approximate surface area is 201 Å². The van der Waals surface area contributed by atoms with E-state index in [2.05, 4.69) is 27.9 Å². The van der Waals surface area contributed by atoms with E-state index in [1.165, 1.54) is 4.57 Å². The van der Waals surface area contributed by atoms with E-state index in [0.717, 1.165) is 20.2 Å². The minimum atomic E-state index is -4.98. The molecule has 0 aromatic carbocycles. The second-order valence-electron chi connectivity index (χ2n) is 7.19. The first-order valence-electron chi connectivity index (χ1n) is 9.66. The van der Waals surface area contributed by atoms with Crippen LogP contribution in [0.2, 0.25) is 0 Å². The number of esters is 2. The summed E-state index contributed by atoms with van der Waals surface area (Å²) in [6.45, 7) is 1.53. The average molecular weight is 573 g/mol. The first-order valence-corrected chi connectivity index (χ1v) is 13.7. The highest BCUT2D eigenvalue weighted by Crippen LogP contribution is 2.76. The summed E-state index contributed by atoms with van der Waals surface area (Å²) in [5, 5.41) is 0. The summed E-state index contributed by atoms with van der Waals surface area (Å²) in [5.74, 6) is -1.83. The van der Waals surface area contributed by atoms with E-state index in [0.29, 0.717) is 0 Å². The third kappa shape index (κ3) is 5.81. The van der Waals surface area contributed by atoms with Gasteiger partial charge in [0.25, 0.3) is 5.56 Å². The molecule has 0 spiro atoms. The number of hydrogen-bond acceptors (Lipinski definition) is 15. The van der Waals surface area contributed by atoms with Crippen molar-refractivity contribution in [2.75, 3.05) is 12.3 Å². The van der Waals surface area contributed by atoms with Gasteiger partial charge < -0.3 is 34.3 Å². The van der Waals surface area contributed by atoms with Gasteiger partial charge in [0.1, 0.15) is 6.10 Å². The molecule has 0 amide bonds. The van der Waals surface area contributed by atoms with Gasteiger partial charge in [0.2, 0.25) is 5.95 Å². The van der Waals surface area contributed by atoms with Crippen LogP contribution >= 0.6 is 24.2 Å². The number of H-pyrrole nitrogens is 1. The third-order valence-electron chi connectivity index (χ3n) is 4.50. The Morgan fingerprint density at radius 3 is 2.42 bits per heavy atom. The summed E-state index contributed by atoms with van der Waals surface area (Å²) in [4.78, 5) is 64.9. The first kappa shape index (κ1) is 26.8. The molecule has 2 aliphatic rings. The zero-order valence-corrected chi connectivity index (χ0v) is 20.8. The molecular weight excluding hydrogens is 555 g/mol. The molecule has 0 saturated carbocycles. The highest BCUT2D eigenvalue weighted by atomic mass is 31.3. The SMILES string of the molecule is CC(=O)O[C@@H]1[C@H](OC(C)=O)[C@@H](COP2OP(=O)(O)OP(=O)(O)O2)O[C@H]1n1cnc2c(=O)[nH]c(N)nc21. The number of aromatic amines is 1. The van der Waals surface area contributed by atoms with E-state index >= 15 is 0 Å². The van der Waals surface area contributed by atoms with Gasteiger partial charge in [-0.15, -0.1) is 0 Å². The van der Waals surface area contributed by atoms with Gasteiger partial charge in [0.05, 0.1) is 12.9 Å². The van der Waals surface area contributed by atoms with Gasteiger partial charge in [-0.05, 0) is 0 Å². The Bertz CT molecular complexity index is 1320. The number of hydrogen-bond donors (Lipinski definition) is 4. The highest BCUT2D eigenvalue weighted by Gasteiger charge is 2.53. The van der Waals surface area contributed by atoms with Crippen LogP contribution in [-0.2, 0) is 50.4 Å². The Hall–Kier alpha value is -2.30. The molecule has 2 aromatic heterocycles. The van der Waals surface area contributed by atoms with Crippen molar-refractivity contribution in [2.45, 2.75) is 38.4 Å². The van der Waals surface area contributed by atoms with Crippen LogP contribution in [0.1, 0.15) is 20.1 Å². The standard InChI is InChI=1S/C14H18N5O14P3/c1-5(20)28-9-7(3-27-34-31-35(23,24)33-36(25,26)32-34)30-13(10(9)29-6(2)21)19-4-16-8-11(19)17-14(15)18-12(8)22/h4,7,9-10,13H,3H2,1-2H3,(H,23,24)(H,25,26)(H3,15,17,18,22)/t7-,9-,10-,13-/m1/s1. The number of fused-ring (bicyclic) bond motifs is 1. The summed E-state index contributed by atoms with van der Waals surface area (Å²) in [5.41, 5.74) is 4.78. The summed E-state index contributed by atoms with van der Waals surface area (Å²) in [6, 6.07) is 0. The molecule has 22 heteroatoms. The van der Waals surface area contributed by atoms with E-state index in [1.807, 2.05) is 0 Å². The number of ether oxygens (including phenoxy) is 3. The fourth-order valence-electron chi connectivity index (χ4n) is 3.37. The van der Waals surface area contributed by atoms with Crippen LogP contribution in [0.5, 0.6) is 0 Å². The van der Waals surface area contributed by atoms with Crippen molar-refractivity contribution in [2.24, 2.45) is 0 Å². The van der Waals surface area contributed by atoms with Crippen molar-refractivity contribution < 1.29 is 60.2 Å². The fourth-order valence-corrected chi connectivity index (χ4v) is 7.57. The second-order valence-corrected chi connectivity index (χ2v) is 11.7. The Morgan fingerprint density at radius 1 is 1.19 bits per heavy atom. The van der Waals surface area contributed by atoms with Gasteiger partial charge in [-0.25, -0.2) is 22.7 Å². The molecule has 2 aromatic rings. The molecule has 0 radical (unpaired) electrons. The zero-order valence-electron chi connectivity index (χ0n) is 18.1. The van der Waals surface area contributed by atoms with E-state index < -0.39 is 72.9 Å². The number of carbonyl (C=O) groups is 2. The zero-order chi connectivity index (χ0) is 26.4. The number of carbonyl (C=O) groups excluding carboxylic acids is 2. The molecule has 4 rings (SSSR count). The summed E-state index contributed by atoms with van der Waals surface area (Å²) >= 11 is 0. The first-order chi connectivity index (χ1) is 16.7. The number of nitrogens with one attached hydrogen (secondary N) is 1. The molecule has 0 bridgehead atoms. The van der Waals surface area contributed by atoms with Gasteiger partial charge >= 0.3 is 36.2 Å². The number of nitrogens with two attached hydrogens (primary N) is 1. The minimum absolute atomic E-state index is 0.0514. The number of nitrogen functional groups attached to an aromatic ring is 1. The smallest absolute Gasteiger partial charge is 0.456 e. The maximum absolute atomic E-state index is 12.2. The molecule has 6 atom stereocenters. The van der Waals surface area contributed by atoms with E-state index in [1.54, 1.807) is 0 Å². The minimum Gasteiger partial charge on any atom is -0.456 e. The molecule has 0 aliphatic carbocycles. The molecule has 2 fully saturated rings. The van der Waals surface area contributed by atoms with Crippen molar-refractivity contribution in [1.29, 1.82) is 0 Å². The number of anilines is 1. The maximum Gasteiger partial charge on any atom is 0.488 e. The molecule has 2 unspecified atom stereocenters. The number of aromatic nitrogens is 4. The number of rotatable bonds is 6. The molecule has 4 heterocycles. The lowest BCUT2D eigenvalue weighted by Crippen LogP contribution is -2.40. The van der Waals surface area contributed by atoms with Crippen LogP contribution in [0.15, 0.2) is 11.1 Å². The lowest BCUT2D eigenvalue weighted by atomic mass is 10.1. The van der Waals surface area contributed by atoms with Crippen molar-refractivity contribution in [3.8, 4) is 0 Å². The molecule has 36 heavy (non-hydrogen) atoms. The van der Waals surface area contributed by atoms with Gasteiger partial charge in [-0.3, -0.25) is 23.9 Å². The van der Waals surface area contributed by atoms with Crippen LogP contribution in [0.25, 0.3) is 11.2 Å². The molecule has 2 saturated heterocycles. The lowest BCUT2D eigenvalue weighted by Gasteiger charge is -2.27. The molecule has 2 aliphatic heterocycles. The molecule has 198 valence electrons. The monoisotopic (exact) mass is 573 g/mol. The molecular formula is C14H18N5O14P3. The van der Waals surface area contributed by atoms with Crippen LogP contribution in [0.4, 0.5) is 5.95 Å². The number of imidazole rings is 1. The number of phosphoric acid groups is 2. The van der Waals surface area contributed by atoms with Crippen molar-refractivity contribution >= 4 is 53.3 Å². The Balaban J connectivity index is 1.65. The van der Waals surface area contributed by atoms with Gasteiger partial charge in [0.15, 0.2) is 29.6 Å². The van der Waals surface area contributed by atoms with Crippen LogP contribution in [0, 0.1) is 0 Å².